The molecule has 216 valence electrons. The van der Waals surface area contributed by atoms with Gasteiger partial charge in [-0.25, -0.2) is 0 Å². The molecular weight excluding hydrogens is 574 g/mol. The second-order valence-corrected chi connectivity index (χ2v) is 13.9. The number of thiazole rings is 1. The third-order valence-corrected chi connectivity index (χ3v) is 12.3. The maximum atomic E-state index is 13.8. The summed E-state index contributed by atoms with van der Waals surface area (Å²) in [6, 6.07) is 17.0. The SMILES string of the molecule is O=C(COc1ccc([C@H]2c3sc(=O)[nH]c3SC3C2[C@H]2C[C@@H]3C3C(=O)N(c4ccccc4)C(=O)C32)cc1)N1CCOCC1. The van der Waals surface area contributed by atoms with Crippen LogP contribution in [-0.4, -0.2) is 65.8 Å². The van der Waals surface area contributed by atoms with Crippen LogP contribution in [0.15, 0.2) is 64.4 Å². The van der Waals surface area contributed by atoms with Gasteiger partial charge in [0.2, 0.25) is 11.8 Å². The van der Waals surface area contributed by atoms with Crippen molar-refractivity contribution in [2.24, 2.45) is 29.6 Å². The first-order valence-corrected chi connectivity index (χ1v) is 16.1. The van der Waals surface area contributed by atoms with Crippen LogP contribution >= 0.6 is 23.1 Å². The lowest BCUT2D eigenvalue weighted by Gasteiger charge is -2.43. The van der Waals surface area contributed by atoms with Crippen LogP contribution in [0.2, 0.25) is 0 Å². The van der Waals surface area contributed by atoms with Crippen LogP contribution in [0.5, 0.6) is 5.75 Å². The first-order chi connectivity index (χ1) is 20.5. The summed E-state index contributed by atoms with van der Waals surface area (Å²) in [7, 11) is 0. The van der Waals surface area contributed by atoms with Crippen LogP contribution in [0.25, 0.3) is 0 Å². The van der Waals surface area contributed by atoms with Gasteiger partial charge in [0.25, 0.3) is 5.91 Å². The van der Waals surface area contributed by atoms with Crippen molar-refractivity contribution in [1.29, 1.82) is 0 Å². The van der Waals surface area contributed by atoms with E-state index in [1.807, 2.05) is 54.6 Å². The normalized spacial score (nSPS) is 31.2. The number of hydrogen-bond acceptors (Lipinski definition) is 8. The molecule has 2 aromatic carbocycles. The number of carbonyl (C=O) groups excluding carboxylic acids is 3. The van der Waals surface area contributed by atoms with E-state index in [4.69, 9.17) is 9.47 Å². The maximum Gasteiger partial charge on any atom is 0.305 e. The van der Waals surface area contributed by atoms with E-state index in [0.29, 0.717) is 37.7 Å². The number of benzene rings is 2. The molecule has 11 heteroatoms. The van der Waals surface area contributed by atoms with E-state index < -0.39 is 0 Å². The minimum absolute atomic E-state index is 0.0332. The number of thioether (sulfide) groups is 1. The van der Waals surface area contributed by atoms with Crippen molar-refractivity contribution in [3.63, 3.8) is 0 Å². The number of anilines is 1. The Labute approximate surface area is 250 Å². The smallest absolute Gasteiger partial charge is 0.305 e. The zero-order valence-corrected chi connectivity index (χ0v) is 24.3. The first-order valence-electron chi connectivity index (χ1n) is 14.4. The Hall–Kier alpha value is -3.41. The van der Waals surface area contributed by atoms with Gasteiger partial charge in [0.15, 0.2) is 6.61 Å². The zero-order valence-electron chi connectivity index (χ0n) is 22.6. The number of morpholine rings is 1. The van der Waals surface area contributed by atoms with Crippen molar-refractivity contribution in [1.82, 2.24) is 9.88 Å². The van der Waals surface area contributed by atoms with Crippen LogP contribution < -0.4 is 14.5 Å². The molecule has 8 rings (SSSR count). The number of para-hydroxylation sites is 1. The predicted octanol–water partition coefficient (Wildman–Crippen LogP) is 3.35. The van der Waals surface area contributed by atoms with E-state index in [0.717, 1.165) is 21.9 Å². The number of ether oxygens (including phenoxy) is 2. The van der Waals surface area contributed by atoms with Gasteiger partial charge in [-0.05, 0) is 54.0 Å². The Bertz CT molecular complexity index is 1620. The van der Waals surface area contributed by atoms with Gasteiger partial charge >= 0.3 is 4.87 Å². The Morgan fingerprint density at radius 2 is 1.67 bits per heavy atom. The van der Waals surface area contributed by atoms with Gasteiger partial charge in [-0.3, -0.25) is 24.1 Å². The molecule has 4 fully saturated rings. The largest absolute Gasteiger partial charge is 0.484 e. The maximum absolute atomic E-state index is 13.8. The molecule has 3 aliphatic heterocycles. The Kier molecular flexibility index (Phi) is 6.31. The molecule has 9 nitrogen and oxygen atoms in total. The van der Waals surface area contributed by atoms with Crippen molar-refractivity contribution in [2.45, 2.75) is 22.6 Å². The van der Waals surface area contributed by atoms with Crippen molar-refractivity contribution >= 4 is 46.5 Å². The first kappa shape index (κ1) is 26.2. The van der Waals surface area contributed by atoms with Crippen LogP contribution in [0, 0.1) is 29.6 Å². The molecule has 5 aliphatic rings. The van der Waals surface area contributed by atoms with Crippen LogP contribution in [0.4, 0.5) is 5.69 Å². The molecule has 1 N–H and O–H groups in total. The Balaban J connectivity index is 1.08. The van der Waals surface area contributed by atoms with E-state index in [9.17, 15) is 19.2 Å². The second kappa shape index (κ2) is 10.1. The molecular formula is C31H29N3O6S2. The number of hydrogen-bond donors (Lipinski definition) is 1. The summed E-state index contributed by atoms with van der Waals surface area (Å²) in [5.74, 6) is -0.0911. The second-order valence-electron chi connectivity index (χ2n) is 11.7. The van der Waals surface area contributed by atoms with E-state index in [1.54, 1.807) is 16.7 Å². The van der Waals surface area contributed by atoms with Crippen LogP contribution in [0.1, 0.15) is 22.8 Å². The van der Waals surface area contributed by atoms with E-state index in [1.165, 1.54) is 16.2 Å². The average Bonchev–Trinajstić information content (AvgIpc) is 3.76. The van der Waals surface area contributed by atoms with Gasteiger partial charge in [-0.2, -0.15) is 0 Å². The molecule has 0 spiro atoms. The average molecular weight is 604 g/mol. The molecule has 7 atom stereocenters. The third kappa shape index (κ3) is 4.00. The summed E-state index contributed by atoms with van der Waals surface area (Å²) < 4.78 is 11.2. The summed E-state index contributed by atoms with van der Waals surface area (Å²) in [5, 5.41) is 1.02. The number of nitrogens with zero attached hydrogens (tertiary/aromatic N) is 2. The number of carbonyl (C=O) groups is 3. The van der Waals surface area contributed by atoms with Crippen LogP contribution in [-0.2, 0) is 19.1 Å². The summed E-state index contributed by atoms with van der Waals surface area (Å²) >= 11 is 2.93. The molecule has 2 saturated heterocycles. The highest BCUT2D eigenvalue weighted by molar-refractivity contribution is 8.00. The Morgan fingerprint density at radius 3 is 2.40 bits per heavy atom. The number of H-pyrrole nitrogens is 1. The van der Waals surface area contributed by atoms with Gasteiger partial charge < -0.3 is 19.4 Å². The Morgan fingerprint density at radius 1 is 0.952 bits per heavy atom. The van der Waals surface area contributed by atoms with Crippen molar-refractivity contribution in [3.05, 3.63) is 74.7 Å². The van der Waals surface area contributed by atoms with Gasteiger partial charge in [-0.1, -0.05) is 41.7 Å². The number of aromatic amines is 1. The molecule has 1 aromatic heterocycles. The van der Waals surface area contributed by atoms with Gasteiger partial charge in [0.05, 0.1) is 35.8 Å². The lowest BCUT2D eigenvalue weighted by atomic mass is 9.68. The van der Waals surface area contributed by atoms with Crippen molar-refractivity contribution in [3.8, 4) is 5.75 Å². The third-order valence-electron chi connectivity index (χ3n) is 9.70. The lowest BCUT2D eigenvalue weighted by molar-refractivity contribution is -0.137. The molecule has 3 amide bonds. The highest BCUT2D eigenvalue weighted by atomic mass is 32.2. The fraction of sp³-hybridized carbons (Fsp3) is 0.419. The molecule has 0 radical (unpaired) electrons. The minimum atomic E-state index is -0.335. The molecule has 42 heavy (non-hydrogen) atoms. The molecule has 3 aromatic rings. The number of fused-ring (bicyclic) bond motifs is 9. The monoisotopic (exact) mass is 603 g/mol. The van der Waals surface area contributed by atoms with Crippen LogP contribution in [0.3, 0.4) is 0 Å². The highest BCUT2D eigenvalue weighted by Gasteiger charge is 2.69. The molecule has 4 heterocycles. The van der Waals surface area contributed by atoms with Gasteiger partial charge in [0.1, 0.15) is 5.75 Å². The number of aromatic nitrogens is 1. The topological polar surface area (TPSA) is 109 Å². The van der Waals surface area contributed by atoms with Crippen molar-refractivity contribution in [2.75, 3.05) is 37.8 Å². The lowest BCUT2D eigenvalue weighted by Crippen LogP contribution is -2.43. The summed E-state index contributed by atoms with van der Waals surface area (Å²) in [5.41, 5.74) is 1.69. The minimum Gasteiger partial charge on any atom is -0.484 e. The number of imide groups is 1. The van der Waals surface area contributed by atoms with E-state index in [-0.39, 0.29) is 70.0 Å². The molecule has 2 bridgehead atoms. The van der Waals surface area contributed by atoms with Gasteiger partial charge in [-0.15, -0.1) is 11.8 Å². The fourth-order valence-electron chi connectivity index (χ4n) is 8.04. The predicted molar refractivity (Wildman–Crippen MR) is 157 cm³/mol. The summed E-state index contributed by atoms with van der Waals surface area (Å²) in [6.45, 7) is 2.21. The summed E-state index contributed by atoms with van der Waals surface area (Å²) in [6.07, 6.45) is 0.846. The summed E-state index contributed by atoms with van der Waals surface area (Å²) in [4.78, 5) is 59.7. The van der Waals surface area contributed by atoms with Gasteiger partial charge in [0, 0.05) is 29.1 Å². The highest BCUT2D eigenvalue weighted by Crippen LogP contribution is 2.68. The molecule has 2 saturated carbocycles. The van der Waals surface area contributed by atoms with E-state index >= 15 is 0 Å². The fourth-order valence-corrected chi connectivity index (χ4v) is 10.9. The number of nitrogens with one attached hydrogen (secondary N) is 1. The molecule has 4 unspecified atom stereocenters. The number of rotatable bonds is 5. The standard InChI is InChI=1S/C31H29N3O6S2/c35-21(33-10-12-39-13-11-33)15-40-18-8-6-16(7-9-18)22-23-19-14-20(26(23)41-28-27(22)42-31(38)32-28)25-24(19)29(36)34(30(25)37)17-4-2-1-3-5-17/h1-9,19-20,22-26H,10-15H2,(H,32,38)/t19-,20-,22-,23?,24?,25?,26?/m1/s1. The number of amides is 3. The zero-order chi connectivity index (χ0) is 28.5. The van der Waals surface area contributed by atoms with E-state index in [2.05, 4.69) is 4.98 Å². The van der Waals surface area contributed by atoms with Crippen molar-refractivity contribution < 1.29 is 23.9 Å². The molecule has 2 aliphatic carbocycles. The quantitative estimate of drug-likeness (QED) is 0.446.